The second-order valence-electron chi connectivity index (χ2n) is 6.06. The van der Waals surface area contributed by atoms with Crippen LogP contribution in [0.3, 0.4) is 0 Å². The zero-order valence-electron chi connectivity index (χ0n) is 16.5. The second-order valence-corrected chi connectivity index (χ2v) is 6.06. The van der Waals surface area contributed by atoms with Gasteiger partial charge in [-0.15, -0.1) is 0 Å². The van der Waals surface area contributed by atoms with E-state index in [0.717, 1.165) is 12.3 Å². The minimum Gasteiger partial charge on any atom is -0.464 e. The molecule has 2 amide bonds. The highest BCUT2D eigenvalue weighted by Crippen LogP contribution is 2.34. The third kappa shape index (κ3) is 6.48. The molecule has 0 atom stereocenters. The molecule has 0 aliphatic carbocycles. The van der Waals surface area contributed by atoms with Crippen LogP contribution in [0.2, 0.25) is 0 Å². The molecule has 11 heteroatoms. The summed E-state index contributed by atoms with van der Waals surface area (Å²) in [4.78, 5) is 29.4. The number of ether oxygens (including phenoxy) is 2. The van der Waals surface area contributed by atoms with Gasteiger partial charge in [0, 0.05) is 19.8 Å². The lowest BCUT2D eigenvalue weighted by atomic mass is 10.1. The van der Waals surface area contributed by atoms with Crippen molar-refractivity contribution in [2.45, 2.75) is 26.1 Å². The summed E-state index contributed by atoms with van der Waals surface area (Å²) < 4.78 is 54.5. The Labute approximate surface area is 171 Å². The zero-order valence-corrected chi connectivity index (χ0v) is 16.5. The molecule has 1 heterocycles. The number of alkyl halides is 3. The Balaban J connectivity index is 2.17. The molecule has 2 aromatic rings. The van der Waals surface area contributed by atoms with Gasteiger partial charge in [-0.05, 0) is 25.5 Å². The third-order valence-electron chi connectivity index (χ3n) is 3.95. The molecule has 30 heavy (non-hydrogen) atoms. The van der Waals surface area contributed by atoms with Gasteiger partial charge in [-0.25, -0.2) is 14.6 Å². The first kappa shape index (κ1) is 23.2. The molecule has 0 aliphatic rings. The van der Waals surface area contributed by atoms with Crippen molar-refractivity contribution in [3.05, 3.63) is 47.7 Å². The van der Waals surface area contributed by atoms with Gasteiger partial charge in [0.1, 0.15) is 6.26 Å². The minimum atomic E-state index is -4.62. The average Bonchev–Trinajstić information content (AvgIpc) is 3.18. The number of rotatable bonds is 9. The van der Waals surface area contributed by atoms with Crippen molar-refractivity contribution in [3.63, 3.8) is 0 Å². The lowest BCUT2D eigenvalue weighted by molar-refractivity contribution is -0.136. The monoisotopic (exact) mass is 429 g/mol. The van der Waals surface area contributed by atoms with E-state index in [0.29, 0.717) is 19.6 Å². The molecule has 2 rings (SSSR count). The van der Waals surface area contributed by atoms with Crippen LogP contribution in [0.4, 0.5) is 23.7 Å². The number of amides is 2. The number of halogens is 3. The van der Waals surface area contributed by atoms with E-state index in [1.807, 2.05) is 6.92 Å². The van der Waals surface area contributed by atoms with Crippen molar-refractivity contribution in [2.75, 3.05) is 32.2 Å². The molecule has 1 aromatic heterocycles. The van der Waals surface area contributed by atoms with Crippen molar-refractivity contribution in [1.29, 1.82) is 0 Å². The Kier molecular flexibility index (Phi) is 8.22. The van der Waals surface area contributed by atoms with Crippen LogP contribution in [0.25, 0.3) is 0 Å². The van der Waals surface area contributed by atoms with E-state index in [1.165, 1.54) is 30.2 Å². The van der Waals surface area contributed by atoms with Crippen molar-refractivity contribution >= 4 is 17.7 Å². The molecular weight excluding hydrogens is 407 g/mol. The highest BCUT2D eigenvalue weighted by atomic mass is 19.4. The molecule has 0 spiro atoms. The average molecular weight is 429 g/mol. The van der Waals surface area contributed by atoms with Crippen LogP contribution in [-0.4, -0.2) is 48.8 Å². The van der Waals surface area contributed by atoms with Gasteiger partial charge in [0.2, 0.25) is 5.89 Å². The van der Waals surface area contributed by atoms with E-state index in [4.69, 9.17) is 9.15 Å². The molecule has 0 unspecified atom stereocenters. The van der Waals surface area contributed by atoms with Gasteiger partial charge in [0.15, 0.2) is 5.69 Å². The van der Waals surface area contributed by atoms with Crippen molar-refractivity contribution < 1.29 is 36.7 Å². The van der Waals surface area contributed by atoms with Crippen molar-refractivity contribution in [1.82, 2.24) is 9.88 Å². The maximum Gasteiger partial charge on any atom is 0.418 e. The first-order valence-electron chi connectivity index (χ1n) is 9.08. The Bertz CT molecular complexity index is 854. The van der Waals surface area contributed by atoms with Crippen molar-refractivity contribution in [3.8, 4) is 0 Å². The van der Waals surface area contributed by atoms with E-state index in [-0.39, 0.29) is 30.4 Å². The second kappa shape index (κ2) is 10.6. The van der Waals surface area contributed by atoms with Gasteiger partial charge in [0.25, 0.3) is 0 Å². The minimum absolute atomic E-state index is 0.0334. The van der Waals surface area contributed by atoms with Gasteiger partial charge < -0.3 is 24.1 Å². The Morgan fingerprint density at radius 1 is 1.27 bits per heavy atom. The van der Waals surface area contributed by atoms with Crippen LogP contribution in [0.5, 0.6) is 0 Å². The van der Waals surface area contributed by atoms with E-state index in [9.17, 15) is 22.8 Å². The number of hydrogen-bond acceptors (Lipinski definition) is 6. The predicted octanol–water partition coefficient (Wildman–Crippen LogP) is 3.94. The lowest BCUT2D eigenvalue weighted by Crippen LogP contribution is -2.36. The summed E-state index contributed by atoms with van der Waals surface area (Å²) in [5.41, 5.74) is -1.41. The zero-order chi connectivity index (χ0) is 22.1. The Hall–Kier alpha value is -3.08. The number of para-hydroxylation sites is 1. The van der Waals surface area contributed by atoms with Gasteiger partial charge in [-0.1, -0.05) is 12.1 Å². The van der Waals surface area contributed by atoms with Crippen LogP contribution in [0, 0.1) is 0 Å². The normalized spacial score (nSPS) is 11.2. The number of esters is 1. The number of urea groups is 1. The topological polar surface area (TPSA) is 93.9 Å². The summed E-state index contributed by atoms with van der Waals surface area (Å²) in [6.07, 6.45) is -3.11. The van der Waals surface area contributed by atoms with E-state index in [2.05, 4.69) is 15.0 Å². The number of methoxy groups -OCH3 is 1. The van der Waals surface area contributed by atoms with Crippen molar-refractivity contribution in [2.24, 2.45) is 0 Å². The van der Waals surface area contributed by atoms with Crippen LogP contribution < -0.4 is 5.32 Å². The van der Waals surface area contributed by atoms with Gasteiger partial charge in [-0.2, -0.15) is 13.2 Å². The fourth-order valence-electron chi connectivity index (χ4n) is 2.53. The molecule has 1 aromatic carbocycles. The summed E-state index contributed by atoms with van der Waals surface area (Å²) >= 11 is 0. The number of nitrogens with one attached hydrogen (secondary N) is 1. The summed E-state index contributed by atoms with van der Waals surface area (Å²) in [5.74, 6) is -0.678. The van der Waals surface area contributed by atoms with E-state index < -0.39 is 23.7 Å². The lowest BCUT2D eigenvalue weighted by Gasteiger charge is -2.23. The SMILES string of the molecule is CCOCCCN(Cc1nc(C(=O)OC)co1)C(=O)Nc1ccccc1C(F)(F)F. The highest BCUT2D eigenvalue weighted by molar-refractivity contribution is 5.90. The first-order valence-corrected chi connectivity index (χ1v) is 9.08. The standard InChI is InChI=1S/C19H22F3N3O5/c1-3-29-10-6-9-25(11-16-23-15(12-30-16)17(26)28-2)18(27)24-14-8-5-4-7-13(14)19(20,21)22/h4-5,7-8,12H,3,6,9-11H2,1-2H3,(H,24,27). The van der Waals surface area contributed by atoms with E-state index >= 15 is 0 Å². The van der Waals surface area contributed by atoms with Crippen LogP contribution in [0.1, 0.15) is 35.3 Å². The predicted molar refractivity (Wildman–Crippen MR) is 99.8 cm³/mol. The number of oxazole rings is 1. The molecule has 0 radical (unpaired) electrons. The summed E-state index contributed by atoms with van der Waals surface area (Å²) in [5, 5.41) is 2.28. The largest absolute Gasteiger partial charge is 0.464 e. The third-order valence-corrected chi connectivity index (χ3v) is 3.95. The summed E-state index contributed by atoms with van der Waals surface area (Å²) in [6, 6.07) is 3.90. The van der Waals surface area contributed by atoms with Crippen LogP contribution in [0.15, 0.2) is 34.9 Å². The fraction of sp³-hybridized carbons (Fsp3) is 0.421. The number of carbonyl (C=O) groups is 2. The van der Waals surface area contributed by atoms with Gasteiger partial charge in [-0.3, -0.25) is 0 Å². The number of benzene rings is 1. The molecule has 8 nitrogen and oxygen atoms in total. The number of aromatic nitrogens is 1. The molecule has 0 fully saturated rings. The van der Waals surface area contributed by atoms with Crippen LogP contribution in [-0.2, 0) is 22.2 Å². The quantitative estimate of drug-likeness (QED) is 0.479. The number of carbonyl (C=O) groups excluding carboxylic acids is 2. The molecule has 164 valence electrons. The Morgan fingerprint density at radius 2 is 2.00 bits per heavy atom. The fourth-order valence-corrected chi connectivity index (χ4v) is 2.53. The summed E-state index contributed by atoms with van der Waals surface area (Å²) in [6.45, 7) is 2.67. The number of anilines is 1. The molecule has 0 bridgehead atoms. The molecule has 1 N–H and O–H groups in total. The molecule has 0 aliphatic heterocycles. The van der Waals surface area contributed by atoms with Crippen LogP contribution >= 0.6 is 0 Å². The Morgan fingerprint density at radius 3 is 2.67 bits per heavy atom. The number of nitrogens with zero attached hydrogens (tertiary/aromatic N) is 2. The van der Waals surface area contributed by atoms with Gasteiger partial charge in [0.05, 0.1) is 24.9 Å². The molecular formula is C19H22F3N3O5. The molecule has 0 saturated carbocycles. The van der Waals surface area contributed by atoms with E-state index in [1.54, 1.807) is 0 Å². The molecule has 0 saturated heterocycles. The maximum atomic E-state index is 13.2. The summed E-state index contributed by atoms with van der Waals surface area (Å²) in [7, 11) is 1.18. The van der Waals surface area contributed by atoms with Gasteiger partial charge >= 0.3 is 18.2 Å². The highest BCUT2D eigenvalue weighted by Gasteiger charge is 2.34. The smallest absolute Gasteiger partial charge is 0.418 e. The first-order chi connectivity index (χ1) is 14.3. The maximum absolute atomic E-state index is 13.2. The number of hydrogen-bond donors (Lipinski definition) is 1.